The Labute approximate surface area is 158 Å². The lowest BCUT2D eigenvalue weighted by Gasteiger charge is -2.07. The molecule has 0 aliphatic heterocycles. The second-order valence-corrected chi connectivity index (χ2v) is 6.38. The minimum Gasteiger partial charge on any atom is -0.469 e. The van der Waals surface area contributed by atoms with Gasteiger partial charge in [0.2, 0.25) is 5.91 Å². The number of anilines is 1. The second-order valence-electron chi connectivity index (χ2n) is 5.53. The first kappa shape index (κ1) is 18.5. The Morgan fingerprint density at radius 3 is 2.70 bits per heavy atom. The van der Waals surface area contributed by atoms with Crippen LogP contribution in [0.5, 0.6) is 0 Å². The zero-order valence-electron chi connectivity index (χ0n) is 14.4. The molecule has 8 nitrogen and oxygen atoms in total. The molecule has 3 aromatic rings. The molecule has 9 heteroatoms. The number of carbonyl (C=O) groups excluding carboxylic acids is 2. The fraction of sp³-hybridized carbons (Fsp3) is 0.167. The highest BCUT2D eigenvalue weighted by molar-refractivity contribution is 7.13. The van der Waals surface area contributed by atoms with Crippen molar-refractivity contribution < 1.29 is 14.3 Å². The average Bonchev–Trinajstić information content (AvgIpc) is 3.10. The number of nitrogens with zero attached hydrogens (tertiary/aromatic N) is 3. The summed E-state index contributed by atoms with van der Waals surface area (Å²) in [4.78, 5) is 39.6. The van der Waals surface area contributed by atoms with Crippen molar-refractivity contribution in [1.82, 2.24) is 14.8 Å². The van der Waals surface area contributed by atoms with E-state index in [0.717, 1.165) is 10.2 Å². The molecule has 0 spiro atoms. The van der Waals surface area contributed by atoms with Crippen LogP contribution < -0.4 is 10.9 Å². The molecule has 1 N–H and O–H groups in total. The lowest BCUT2D eigenvalue weighted by molar-refractivity contribution is -0.139. The van der Waals surface area contributed by atoms with Gasteiger partial charge < -0.3 is 10.1 Å². The van der Waals surface area contributed by atoms with Crippen molar-refractivity contribution in [3.8, 4) is 11.3 Å². The summed E-state index contributed by atoms with van der Waals surface area (Å²) in [6.07, 6.45) is 0.0308. The van der Waals surface area contributed by atoms with E-state index in [0.29, 0.717) is 16.5 Å². The summed E-state index contributed by atoms with van der Waals surface area (Å²) < 4.78 is 5.67. The molecule has 0 aliphatic rings. The zero-order chi connectivity index (χ0) is 19.2. The number of thiazole rings is 1. The number of hydrogen-bond acceptors (Lipinski definition) is 7. The third-order valence-electron chi connectivity index (χ3n) is 3.58. The fourth-order valence-corrected chi connectivity index (χ4v) is 3.01. The Morgan fingerprint density at radius 1 is 1.19 bits per heavy atom. The fourth-order valence-electron chi connectivity index (χ4n) is 2.29. The van der Waals surface area contributed by atoms with E-state index < -0.39 is 11.9 Å². The van der Waals surface area contributed by atoms with Crippen molar-refractivity contribution in [3.05, 3.63) is 63.9 Å². The van der Waals surface area contributed by atoms with Gasteiger partial charge in [0.25, 0.3) is 5.56 Å². The summed E-state index contributed by atoms with van der Waals surface area (Å²) in [5.41, 5.74) is 1.57. The lowest BCUT2D eigenvalue weighted by atomic mass is 10.1. The first-order chi connectivity index (χ1) is 13.0. The van der Waals surface area contributed by atoms with Gasteiger partial charge in [-0.3, -0.25) is 14.4 Å². The van der Waals surface area contributed by atoms with E-state index in [9.17, 15) is 14.4 Å². The number of rotatable bonds is 6. The predicted octanol–water partition coefficient (Wildman–Crippen LogP) is 1.72. The molecule has 0 radical (unpaired) electrons. The highest BCUT2D eigenvalue weighted by Gasteiger charge is 2.12. The number of hydrogen-bond donors (Lipinski definition) is 1. The number of amides is 1. The molecule has 27 heavy (non-hydrogen) atoms. The summed E-state index contributed by atoms with van der Waals surface area (Å²) in [5.74, 6) is -0.847. The largest absolute Gasteiger partial charge is 0.469 e. The number of esters is 1. The number of carbonyl (C=O) groups is 2. The summed E-state index contributed by atoms with van der Waals surface area (Å²) >= 11 is 1.19. The van der Waals surface area contributed by atoms with E-state index >= 15 is 0 Å². The van der Waals surface area contributed by atoms with Gasteiger partial charge in [0.15, 0.2) is 5.13 Å². The SMILES string of the molecule is COC(=O)Cc1csc(NC(=O)Cn2nc(-c3ccccc3)ccc2=O)n1. The van der Waals surface area contributed by atoms with Crippen LogP contribution in [0.3, 0.4) is 0 Å². The second kappa shape index (κ2) is 8.37. The third kappa shape index (κ3) is 4.85. The Bertz CT molecular complexity index is 1010. The van der Waals surface area contributed by atoms with Crippen LogP contribution in [0.4, 0.5) is 5.13 Å². The maximum atomic E-state index is 12.2. The van der Waals surface area contributed by atoms with Crippen LogP contribution in [-0.4, -0.2) is 33.8 Å². The smallest absolute Gasteiger partial charge is 0.311 e. The van der Waals surface area contributed by atoms with Gasteiger partial charge in [-0.25, -0.2) is 9.67 Å². The monoisotopic (exact) mass is 384 g/mol. The van der Waals surface area contributed by atoms with Crippen molar-refractivity contribution >= 4 is 28.3 Å². The predicted molar refractivity (Wildman–Crippen MR) is 100 cm³/mol. The van der Waals surface area contributed by atoms with Crippen LogP contribution in [0.15, 0.2) is 52.6 Å². The Balaban J connectivity index is 1.69. The molecule has 3 rings (SSSR count). The molecule has 2 heterocycles. The van der Waals surface area contributed by atoms with Crippen LogP contribution in [0.2, 0.25) is 0 Å². The van der Waals surface area contributed by atoms with E-state index in [1.54, 1.807) is 11.4 Å². The van der Waals surface area contributed by atoms with E-state index in [4.69, 9.17) is 0 Å². The first-order valence-electron chi connectivity index (χ1n) is 8.00. The molecule has 1 aromatic carbocycles. The Morgan fingerprint density at radius 2 is 1.96 bits per heavy atom. The standard InChI is InChI=1S/C18H16N4O4S/c1-26-17(25)9-13-11-27-18(19-13)20-15(23)10-22-16(24)8-7-14(21-22)12-5-3-2-4-6-12/h2-8,11H,9-10H2,1H3,(H,19,20,23). The van der Waals surface area contributed by atoms with Gasteiger partial charge in [0.05, 0.1) is 24.9 Å². The van der Waals surface area contributed by atoms with Gasteiger partial charge in [0, 0.05) is 17.0 Å². The van der Waals surface area contributed by atoms with Gasteiger partial charge in [-0.1, -0.05) is 30.3 Å². The topological polar surface area (TPSA) is 103 Å². The van der Waals surface area contributed by atoms with Crippen molar-refractivity contribution in [3.63, 3.8) is 0 Å². The highest BCUT2D eigenvalue weighted by atomic mass is 32.1. The molecule has 0 aliphatic carbocycles. The van der Waals surface area contributed by atoms with Crippen LogP contribution in [0, 0.1) is 0 Å². The summed E-state index contributed by atoms with van der Waals surface area (Å²) in [5, 5.41) is 8.85. The number of methoxy groups -OCH3 is 1. The number of aromatic nitrogens is 3. The molecule has 0 saturated heterocycles. The van der Waals surface area contributed by atoms with E-state index in [1.807, 2.05) is 30.3 Å². The van der Waals surface area contributed by atoms with E-state index in [1.165, 1.54) is 24.5 Å². The van der Waals surface area contributed by atoms with E-state index in [-0.39, 0.29) is 18.5 Å². The van der Waals surface area contributed by atoms with Gasteiger partial charge in [-0.2, -0.15) is 5.10 Å². The van der Waals surface area contributed by atoms with Crippen molar-refractivity contribution in [2.75, 3.05) is 12.4 Å². The minimum absolute atomic E-state index is 0.0308. The molecule has 0 atom stereocenters. The van der Waals surface area contributed by atoms with Crippen molar-refractivity contribution in [2.45, 2.75) is 13.0 Å². The van der Waals surface area contributed by atoms with Crippen molar-refractivity contribution in [1.29, 1.82) is 0 Å². The molecule has 2 aromatic heterocycles. The quantitative estimate of drug-likeness (QED) is 0.649. The molecule has 0 saturated carbocycles. The molecule has 1 amide bonds. The Kier molecular flexibility index (Phi) is 5.72. The van der Waals surface area contributed by atoms with E-state index in [2.05, 4.69) is 20.1 Å². The number of benzene rings is 1. The summed E-state index contributed by atoms with van der Waals surface area (Å²) in [7, 11) is 1.30. The number of nitrogens with one attached hydrogen (secondary N) is 1. The maximum absolute atomic E-state index is 12.2. The van der Waals surface area contributed by atoms with Gasteiger partial charge in [-0.15, -0.1) is 11.3 Å². The molecular formula is C18H16N4O4S. The van der Waals surface area contributed by atoms with Crippen molar-refractivity contribution in [2.24, 2.45) is 0 Å². The summed E-state index contributed by atoms with van der Waals surface area (Å²) in [6.45, 7) is -0.245. The normalized spacial score (nSPS) is 10.4. The Hall–Kier alpha value is -3.33. The van der Waals surface area contributed by atoms with Crippen LogP contribution >= 0.6 is 11.3 Å². The molecular weight excluding hydrogens is 368 g/mol. The van der Waals surface area contributed by atoms with Crippen LogP contribution in [0.25, 0.3) is 11.3 Å². The van der Waals surface area contributed by atoms with Crippen LogP contribution in [0.1, 0.15) is 5.69 Å². The minimum atomic E-state index is -0.436. The third-order valence-corrected chi connectivity index (χ3v) is 4.39. The molecule has 0 bridgehead atoms. The van der Waals surface area contributed by atoms with Gasteiger partial charge in [-0.05, 0) is 6.07 Å². The highest BCUT2D eigenvalue weighted by Crippen LogP contribution is 2.16. The molecule has 0 fully saturated rings. The zero-order valence-corrected chi connectivity index (χ0v) is 15.2. The summed E-state index contributed by atoms with van der Waals surface area (Å²) in [6, 6.07) is 12.4. The number of ether oxygens (including phenoxy) is 1. The first-order valence-corrected chi connectivity index (χ1v) is 8.88. The lowest BCUT2D eigenvalue weighted by Crippen LogP contribution is -2.29. The molecule has 138 valence electrons. The van der Waals surface area contributed by atoms with Crippen LogP contribution in [-0.2, 0) is 27.3 Å². The average molecular weight is 384 g/mol. The molecule has 0 unspecified atom stereocenters. The maximum Gasteiger partial charge on any atom is 0.311 e. The van der Waals surface area contributed by atoms with Gasteiger partial charge >= 0.3 is 5.97 Å². The van der Waals surface area contributed by atoms with Gasteiger partial charge in [0.1, 0.15) is 6.54 Å².